The Labute approximate surface area is 198 Å². The van der Waals surface area contributed by atoms with E-state index in [1.165, 1.54) is 6.20 Å². The van der Waals surface area contributed by atoms with Crippen molar-refractivity contribution in [3.8, 4) is 6.07 Å². The van der Waals surface area contributed by atoms with Crippen LogP contribution in [0.25, 0.3) is 0 Å². The molecule has 0 spiro atoms. The number of aliphatic hydroxyl groups is 2. The molecule has 1 aromatic rings. The zero-order valence-corrected chi connectivity index (χ0v) is 20.5. The normalized spacial score (nSPS) is 37.6. The number of unbranched alkanes of at least 4 members (excludes halogenated alkanes) is 1. The highest BCUT2D eigenvalue weighted by molar-refractivity contribution is 5.82. The molecule has 0 aliphatic heterocycles. The van der Waals surface area contributed by atoms with Crippen LogP contribution in [0.2, 0.25) is 0 Å². The van der Waals surface area contributed by atoms with Crippen molar-refractivity contribution in [1.29, 1.82) is 5.26 Å². The fourth-order valence-electron chi connectivity index (χ4n) is 7.86. The smallest absolute Gasteiger partial charge is 0.157 e. The third-order valence-corrected chi connectivity index (χ3v) is 9.49. The van der Waals surface area contributed by atoms with Crippen molar-refractivity contribution in [2.75, 3.05) is 0 Å². The number of rotatable bonds is 8. The highest BCUT2D eigenvalue weighted by atomic mass is 16.3. The van der Waals surface area contributed by atoms with Crippen molar-refractivity contribution >= 4 is 5.78 Å². The first kappa shape index (κ1) is 24.4. The van der Waals surface area contributed by atoms with Gasteiger partial charge < -0.3 is 10.2 Å². The van der Waals surface area contributed by atoms with E-state index in [9.17, 15) is 15.0 Å². The van der Waals surface area contributed by atoms with Gasteiger partial charge in [0.2, 0.25) is 0 Å². The third-order valence-electron chi connectivity index (χ3n) is 9.49. The summed E-state index contributed by atoms with van der Waals surface area (Å²) in [4.78, 5) is 13.3. The van der Waals surface area contributed by atoms with Crippen LogP contribution < -0.4 is 0 Å². The van der Waals surface area contributed by atoms with Crippen LogP contribution in [0.5, 0.6) is 0 Å². The number of ketones is 1. The molecule has 4 rings (SSSR count). The number of Topliss-reactive ketones (excluding diaryl/α,β-unsaturated/α-hetero) is 1. The van der Waals surface area contributed by atoms with E-state index in [0.29, 0.717) is 29.2 Å². The van der Waals surface area contributed by atoms with Gasteiger partial charge in [0.1, 0.15) is 6.07 Å². The first-order valence-electron chi connectivity index (χ1n) is 13.0. The highest BCUT2D eigenvalue weighted by Gasteiger charge is 2.60. The molecule has 0 radical (unpaired) electrons. The molecule has 1 unspecified atom stereocenters. The van der Waals surface area contributed by atoms with E-state index in [0.717, 1.165) is 64.2 Å². The van der Waals surface area contributed by atoms with Gasteiger partial charge in [-0.15, -0.1) is 0 Å². The lowest BCUT2D eigenvalue weighted by Crippen LogP contribution is -2.53. The summed E-state index contributed by atoms with van der Waals surface area (Å²) >= 11 is 0. The molecule has 0 bridgehead atoms. The number of carbonyl (C=O) groups excluding carboxylic acids is 1. The Kier molecular flexibility index (Phi) is 7.03. The van der Waals surface area contributed by atoms with Gasteiger partial charge in [0.25, 0.3) is 0 Å². The molecule has 2 N–H and O–H groups in total. The van der Waals surface area contributed by atoms with E-state index in [1.807, 2.05) is 6.92 Å². The summed E-state index contributed by atoms with van der Waals surface area (Å²) in [6.45, 7) is 6.48. The standard InChI is InChI=1S/C27H41N3O3/c1-4-5-10-26(2,33)13-18-6-7-21-20(11-18)12-25(32)27(3)22(21)8-9-23(27)24(31)17-30-16-19(14-28)15-29-30/h15-16,18,20-23,25,32-33H,4-13,17H2,1-3H3/t18-,20+,21-,22+,23-,25-,26?,27+/m1/s1. The van der Waals surface area contributed by atoms with Crippen LogP contribution in [0.4, 0.5) is 0 Å². The van der Waals surface area contributed by atoms with Crippen molar-refractivity contribution in [2.24, 2.45) is 35.0 Å². The number of hydrogen-bond acceptors (Lipinski definition) is 5. The summed E-state index contributed by atoms with van der Waals surface area (Å²) in [7, 11) is 0. The van der Waals surface area contributed by atoms with Crippen LogP contribution in [-0.2, 0) is 11.3 Å². The average molecular weight is 456 g/mol. The fraction of sp³-hybridized carbons (Fsp3) is 0.815. The molecule has 8 atom stereocenters. The number of fused-ring (bicyclic) bond motifs is 3. The van der Waals surface area contributed by atoms with E-state index in [-0.39, 0.29) is 23.7 Å². The molecule has 0 amide bonds. The van der Waals surface area contributed by atoms with Gasteiger partial charge >= 0.3 is 0 Å². The zero-order valence-electron chi connectivity index (χ0n) is 20.5. The second kappa shape index (κ2) is 9.50. The maximum atomic E-state index is 13.3. The summed E-state index contributed by atoms with van der Waals surface area (Å²) in [5.74, 6) is 1.96. The molecular weight excluding hydrogens is 414 g/mol. The first-order valence-corrected chi connectivity index (χ1v) is 13.0. The third kappa shape index (κ3) is 4.77. The largest absolute Gasteiger partial charge is 0.393 e. The molecule has 182 valence electrons. The van der Waals surface area contributed by atoms with Crippen LogP contribution in [0.15, 0.2) is 12.4 Å². The van der Waals surface area contributed by atoms with Gasteiger partial charge in [0.05, 0.1) is 30.0 Å². The first-order chi connectivity index (χ1) is 15.7. The molecule has 0 aromatic carbocycles. The fourth-order valence-corrected chi connectivity index (χ4v) is 7.86. The summed E-state index contributed by atoms with van der Waals surface area (Å²) < 4.78 is 1.56. The Hall–Kier alpha value is -1.71. The molecule has 3 fully saturated rings. The Morgan fingerprint density at radius 1 is 1.33 bits per heavy atom. The number of nitrogens with zero attached hydrogens (tertiary/aromatic N) is 3. The van der Waals surface area contributed by atoms with Gasteiger partial charge in [-0.3, -0.25) is 9.48 Å². The number of aromatic nitrogens is 2. The van der Waals surface area contributed by atoms with Crippen molar-refractivity contribution in [2.45, 2.75) is 103 Å². The van der Waals surface area contributed by atoms with Crippen LogP contribution in [-0.4, -0.2) is 37.5 Å². The maximum absolute atomic E-state index is 13.3. The van der Waals surface area contributed by atoms with Crippen molar-refractivity contribution < 1.29 is 15.0 Å². The van der Waals surface area contributed by atoms with Crippen LogP contribution in [0, 0.1) is 46.3 Å². The molecule has 6 nitrogen and oxygen atoms in total. The predicted octanol–water partition coefficient (Wildman–Crippen LogP) is 4.48. The molecular formula is C27H41N3O3. The van der Waals surface area contributed by atoms with Gasteiger partial charge in [0.15, 0.2) is 5.78 Å². The quantitative estimate of drug-likeness (QED) is 0.602. The van der Waals surface area contributed by atoms with Crippen LogP contribution in [0.3, 0.4) is 0 Å². The number of hydrogen-bond donors (Lipinski definition) is 2. The van der Waals surface area contributed by atoms with E-state index in [4.69, 9.17) is 5.26 Å². The predicted molar refractivity (Wildman–Crippen MR) is 126 cm³/mol. The topological polar surface area (TPSA) is 99.1 Å². The molecule has 33 heavy (non-hydrogen) atoms. The molecule has 6 heteroatoms. The number of aliphatic hydroxyl groups excluding tert-OH is 1. The Balaban J connectivity index is 1.42. The minimum absolute atomic E-state index is 0.130. The van der Waals surface area contributed by atoms with E-state index in [1.54, 1.807) is 10.9 Å². The minimum atomic E-state index is -0.585. The van der Waals surface area contributed by atoms with Gasteiger partial charge in [-0.05, 0) is 75.5 Å². The van der Waals surface area contributed by atoms with Crippen LogP contribution in [0.1, 0.15) is 90.5 Å². The summed E-state index contributed by atoms with van der Waals surface area (Å²) in [5, 5.41) is 35.4. The van der Waals surface area contributed by atoms with Crippen molar-refractivity contribution in [1.82, 2.24) is 9.78 Å². The molecule has 3 aliphatic carbocycles. The average Bonchev–Trinajstić information content (AvgIpc) is 3.37. The van der Waals surface area contributed by atoms with Gasteiger partial charge in [-0.1, -0.05) is 33.1 Å². The number of carbonyl (C=O) groups is 1. The molecule has 3 aliphatic rings. The Bertz CT molecular complexity index is 887. The van der Waals surface area contributed by atoms with Gasteiger partial charge in [0, 0.05) is 17.5 Å². The summed E-state index contributed by atoms with van der Waals surface area (Å²) in [6.07, 6.45) is 12.6. The lowest BCUT2D eigenvalue weighted by atomic mass is 9.52. The maximum Gasteiger partial charge on any atom is 0.157 e. The van der Waals surface area contributed by atoms with Gasteiger partial charge in [-0.25, -0.2) is 0 Å². The summed E-state index contributed by atoms with van der Waals surface area (Å²) in [5.41, 5.74) is -0.495. The van der Waals surface area contributed by atoms with E-state index < -0.39 is 11.7 Å². The second-order valence-corrected chi connectivity index (χ2v) is 11.8. The van der Waals surface area contributed by atoms with Gasteiger partial charge in [-0.2, -0.15) is 10.4 Å². The Morgan fingerprint density at radius 2 is 2.12 bits per heavy atom. The molecule has 3 saturated carbocycles. The Morgan fingerprint density at radius 3 is 2.82 bits per heavy atom. The minimum Gasteiger partial charge on any atom is -0.393 e. The van der Waals surface area contributed by atoms with Crippen molar-refractivity contribution in [3.63, 3.8) is 0 Å². The molecule has 0 saturated heterocycles. The van der Waals surface area contributed by atoms with E-state index >= 15 is 0 Å². The van der Waals surface area contributed by atoms with Crippen LogP contribution >= 0.6 is 0 Å². The van der Waals surface area contributed by atoms with E-state index in [2.05, 4.69) is 25.0 Å². The van der Waals surface area contributed by atoms with Crippen molar-refractivity contribution in [3.05, 3.63) is 18.0 Å². The molecule has 1 heterocycles. The SMILES string of the molecule is CCCCC(C)(O)C[C@@H]1CC[C@@H]2[C@@H](C1)C[C@@H](O)[C@]1(C)[C@@H](C(=O)Cn3cc(C#N)cn3)CC[C@@H]21. The molecule has 1 aromatic heterocycles. The lowest BCUT2D eigenvalue weighted by molar-refractivity contribution is -0.144. The highest BCUT2D eigenvalue weighted by Crippen LogP contribution is 2.62. The summed E-state index contributed by atoms with van der Waals surface area (Å²) in [6, 6.07) is 2.06. The number of nitriles is 1. The zero-order chi connectivity index (χ0) is 23.8. The lowest BCUT2D eigenvalue weighted by Gasteiger charge is -2.54. The monoisotopic (exact) mass is 455 g/mol. The second-order valence-electron chi connectivity index (χ2n) is 11.8.